The van der Waals surface area contributed by atoms with Crippen molar-refractivity contribution in [3.63, 3.8) is 0 Å². The van der Waals surface area contributed by atoms with Crippen molar-refractivity contribution in [1.29, 1.82) is 0 Å². The van der Waals surface area contributed by atoms with Crippen LogP contribution in [-0.2, 0) is 7.05 Å². The van der Waals surface area contributed by atoms with Gasteiger partial charge in [-0.2, -0.15) is 0 Å². The summed E-state index contributed by atoms with van der Waals surface area (Å²) in [5.74, 6) is -0.452. The SMILES string of the molecule is CC.Cc1ccc(Nc2c(C)c(=O)n(C)c3ncn(C(C)C)c(=O)c23)c(F)c1. The fraction of sp³-hybridized carbons (Fsp3) is 0.381. The highest BCUT2D eigenvalue weighted by Gasteiger charge is 2.19. The number of pyridine rings is 1. The van der Waals surface area contributed by atoms with Gasteiger partial charge in [-0.05, 0) is 45.4 Å². The van der Waals surface area contributed by atoms with E-state index < -0.39 is 5.82 Å². The van der Waals surface area contributed by atoms with Crippen LogP contribution in [0.1, 0.15) is 44.9 Å². The number of hydrogen-bond acceptors (Lipinski definition) is 4. The van der Waals surface area contributed by atoms with Crippen LogP contribution in [0.3, 0.4) is 0 Å². The summed E-state index contributed by atoms with van der Waals surface area (Å²) in [6.45, 7) is 11.1. The molecule has 28 heavy (non-hydrogen) atoms. The van der Waals surface area contributed by atoms with Crippen LogP contribution in [0.2, 0.25) is 0 Å². The standard InChI is InChI=1S/C19H21FN4O2.C2H6/c1-10(2)24-9-21-17-15(19(24)26)16(12(4)18(25)23(17)5)22-14-7-6-11(3)8-13(14)20;1-2/h6-10,22H,1-5H3;1-2H3. The summed E-state index contributed by atoms with van der Waals surface area (Å²) < 4.78 is 17.1. The van der Waals surface area contributed by atoms with Crippen molar-refractivity contribution in [2.24, 2.45) is 7.05 Å². The molecular weight excluding hydrogens is 359 g/mol. The van der Waals surface area contributed by atoms with Crippen LogP contribution in [0.15, 0.2) is 34.1 Å². The molecule has 0 aliphatic carbocycles. The van der Waals surface area contributed by atoms with Gasteiger partial charge in [-0.3, -0.25) is 18.7 Å². The first kappa shape index (κ1) is 21.3. The lowest BCUT2D eigenvalue weighted by Crippen LogP contribution is -2.29. The van der Waals surface area contributed by atoms with Gasteiger partial charge >= 0.3 is 0 Å². The molecule has 0 spiro atoms. The Morgan fingerprint density at radius 3 is 2.32 bits per heavy atom. The zero-order valence-corrected chi connectivity index (χ0v) is 17.4. The highest BCUT2D eigenvalue weighted by Crippen LogP contribution is 2.26. The number of nitrogens with one attached hydrogen (secondary N) is 1. The molecule has 0 saturated heterocycles. The monoisotopic (exact) mass is 386 g/mol. The van der Waals surface area contributed by atoms with Gasteiger partial charge in [-0.1, -0.05) is 19.9 Å². The molecule has 2 aromatic heterocycles. The molecule has 1 N–H and O–H groups in total. The summed E-state index contributed by atoms with van der Waals surface area (Å²) in [4.78, 5) is 29.8. The number of anilines is 2. The summed E-state index contributed by atoms with van der Waals surface area (Å²) in [5.41, 5.74) is 1.30. The van der Waals surface area contributed by atoms with E-state index in [1.807, 2.05) is 27.7 Å². The predicted octanol–water partition coefficient (Wildman–Crippen LogP) is 4.20. The molecule has 6 nitrogen and oxygen atoms in total. The molecule has 150 valence electrons. The fourth-order valence-corrected chi connectivity index (χ4v) is 2.95. The Bertz CT molecular complexity index is 1130. The number of fused-ring (bicyclic) bond motifs is 1. The lowest BCUT2D eigenvalue weighted by atomic mass is 10.1. The number of halogens is 1. The third-order valence-electron chi connectivity index (χ3n) is 4.49. The normalized spacial score (nSPS) is 10.8. The van der Waals surface area contributed by atoms with E-state index in [1.165, 1.54) is 21.5 Å². The number of hydrogen-bond donors (Lipinski definition) is 1. The van der Waals surface area contributed by atoms with E-state index in [2.05, 4.69) is 10.3 Å². The topological polar surface area (TPSA) is 68.9 Å². The number of aromatic nitrogens is 3. The zero-order valence-electron chi connectivity index (χ0n) is 17.4. The first-order chi connectivity index (χ1) is 13.2. The Labute approximate surface area is 163 Å². The highest BCUT2D eigenvalue weighted by molar-refractivity contribution is 5.92. The Morgan fingerprint density at radius 2 is 1.75 bits per heavy atom. The first-order valence-corrected chi connectivity index (χ1v) is 9.36. The third-order valence-corrected chi connectivity index (χ3v) is 4.49. The molecule has 0 aliphatic heterocycles. The van der Waals surface area contributed by atoms with E-state index in [9.17, 15) is 14.0 Å². The van der Waals surface area contributed by atoms with Crippen molar-refractivity contribution < 1.29 is 4.39 Å². The largest absolute Gasteiger partial charge is 0.352 e. The van der Waals surface area contributed by atoms with E-state index in [0.29, 0.717) is 11.3 Å². The van der Waals surface area contributed by atoms with Crippen molar-refractivity contribution in [1.82, 2.24) is 14.1 Å². The van der Waals surface area contributed by atoms with Gasteiger partial charge in [-0.25, -0.2) is 9.37 Å². The second-order valence-electron chi connectivity index (χ2n) is 6.72. The summed E-state index contributed by atoms with van der Waals surface area (Å²) in [5, 5.41) is 3.21. The number of benzene rings is 1. The lowest BCUT2D eigenvalue weighted by molar-refractivity contribution is 0.572. The van der Waals surface area contributed by atoms with Crippen LogP contribution < -0.4 is 16.4 Å². The lowest BCUT2D eigenvalue weighted by Gasteiger charge is -2.17. The summed E-state index contributed by atoms with van der Waals surface area (Å²) in [7, 11) is 1.57. The quantitative estimate of drug-likeness (QED) is 0.732. The van der Waals surface area contributed by atoms with Gasteiger partial charge in [0.25, 0.3) is 11.1 Å². The Balaban J connectivity index is 0.00000136. The van der Waals surface area contributed by atoms with E-state index in [4.69, 9.17) is 0 Å². The van der Waals surface area contributed by atoms with Crippen molar-refractivity contribution in [2.75, 3.05) is 5.32 Å². The third kappa shape index (κ3) is 3.69. The Kier molecular flexibility index (Phi) is 6.38. The molecule has 0 amide bonds. The summed E-state index contributed by atoms with van der Waals surface area (Å²) in [6, 6.07) is 4.64. The molecule has 0 bridgehead atoms. The summed E-state index contributed by atoms with van der Waals surface area (Å²) in [6.07, 6.45) is 1.43. The second kappa shape index (κ2) is 8.37. The average molecular weight is 386 g/mol. The molecule has 0 fully saturated rings. The molecule has 0 aliphatic rings. The molecule has 2 heterocycles. The minimum atomic E-state index is -0.452. The maximum atomic E-state index is 14.3. The van der Waals surface area contributed by atoms with Crippen LogP contribution >= 0.6 is 0 Å². The van der Waals surface area contributed by atoms with E-state index in [-0.39, 0.29) is 33.9 Å². The molecule has 0 atom stereocenters. The van der Waals surface area contributed by atoms with Crippen LogP contribution in [0.5, 0.6) is 0 Å². The molecule has 3 aromatic rings. The Hall–Kier alpha value is -2.96. The maximum Gasteiger partial charge on any atom is 0.265 e. The van der Waals surface area contributed by atoms with Gasteiger partial charge in [0.15, 0.2) is 5.65 Å². The maximum absolute atomic E-state index is 14.3. The van der Waals surface area contributed by atoms with Crippen LogP contribution in [0.25, 0.3) is 11.0 Å². The van der Waals surface area contributed by atoms with Crippen molar-refractivity contribution in [2.45, 2.75) is 47.6 Å². The first-order valence-electron chi connectivity index (χ1n) is 9.36. The molecular formula is C21H27FN4O2. The molecule has 0 unspecified atom stereocenters. The van der Waals surface area contributed by atoms with Crippen molar-refractivity contribution in [3.05, 3.63) is 62.2 Å². The highest BCUT2D eigenvalue weighted by atomic mass is 19.1. The molecule has 3 rings (SSSR count). The number of rotatable bonds is 3. The minimum absolute atomic E-state index is 0.0964. The van der Waals surface area contributed by atoms with Gasteiger partial charge in [0, 0.05) is 18.7 Å². The molecule has 7 heteroatoms. The van der Waals surface area contributed by atoms with Crippen molar-refractivity contribution in [3.8, 4) is 0 Å². The second-order valence-corrected chi connectivity index (χ2v) is 6.72. The number of aryl methyl sites for hydroxylation is 2. The average Bonchev–Trinajstić information content (AvgIpc) is 2.66. The smallest absolute Gasteiger partial charge is 0.265 e. The van der Waals surface area contributed by atoms with Crippen LogP contribution in [0, 0.1) is 19.7 Å². The molecule has 1 aromatic carbocycles. The van der Waals surface area contributed by atoms with Gasteiger partial charge in [0.05, 0.1) is 11.4 Å². The van der Waals surface area contributed by atoms with Gasteiger partial charge in [0.2, 0.25) is 0 Å². The molecule has 0 radical (unpaired) electrons. The van der Waals surface area contributed by atoms with E-state index >= 15 is 0 Å². The van der Waals surface area contributed by atoms with Crippen molar-refractivity contribution >= 4 is 22.4 Å². The van der Waals surface area contributed by atoms with E-state index in [0.717, 1.165) is 5.56 Å². The fourth-order valence-electron chi connectivity index (χ4n) is 2.95. The predicted molar refractivity (Wildman–Crippen MR) is 112 cm³/mol. The van der Waals surface area contributed by atoms with Gasteiger partial charge < -0.3 is 5.32 Å². The zero-order chi connectivity index (χ0) is 21.2. The summed E-state index contributed by atoms with van der Waals surface area (Å²) >= 11 is 0. The van der Waals surface area contributed by atoms with E-state index in [1.54, 1.807) is 33.0 Å². The molecule has 0 saturated carbocycles. The van der Waals surface area contributed by atoms with Crippen LogP contribution in [0.4, 0.5) is 15.8 Å². The van der Waals surface area contributed by atoms with Gasteiger partial charge in [0.1, 0.15) is 17.5 Å². The Morgan fingerprint density at radius 1 is 1.11 bits per heavy atom. The number of nitrogens with zero attached hydrogens (tertiary/aromatic N) is 3. The van der Waals surface area contributed by atoms with Crippen LogP contribution in [-0.4, -0.2) is 14.1 Å². The minimum Gasteiger partial charge on any atom is -0.352 e. The van der Waals surface area contributed by atoms with Gasteiger partial charge in [-0.15, -0.1) is 0 Å².